The molecule has 1 aliphatic rings. The summed E-state index contributed by atoms with van der Waals surface area (Å²) >= 11 is 1.83. The first-order valence-corrected chi connectivity index (χ1v) is 6.42. The standard InChI is InChI=1S/C12H17NO2S/c1-9-6-10(13)2-3-12(9)16-7-11-4-5-14-8-15-11/h2-3,6,11H,4-5,7-8,13H2,1H3. The molecule has 1 unspecified atom stereocenters. The van der Waals surface area contributed by atoms with Gasteiger partial charge in [0.1, 0.15) is 6.79 Å². The van der Waals surface area contributed by atoms with Crippen LogP contribution in [0, 0.1) is 6.92 Å². The van der Waals surface area contributed by atoms with Crippen molar-refractivity contribution in [3.05, 3.63) is 23.8 Å². The average molecular weight is 239 g/mol. The molecule has 0 amide bonds. The smallest absolute Gasteiger partial charge is 0.147 e. The Labute approximate surface area is 100 Å². The molecule has 1 aromatic carbocycles. The number of nitrogen functional groups attached to an aromatic ring is 1. The van der Waals surface area contributed by atoms with E-state index in [1.54, 1.807) is 0 Å². The Morgan fingerprint density at radius 2 is 2.38 bits per heavy atom. The molecule has 1 aliphatic heterocycles. The molecule has 0 saturated carbocycles. The molecule has 0 bridgehead atoms. The molecule has 4 heteroatoms. The molecule has 0 aromatic heterocycles. The minimum Gasteiger partial charge on any atom is -0.399 e. The van der Waals surface area contributed by atoms with Crippen LogP contribution >= 0.6 is 11.8 Å². The van der Waals surface area contributed by atoms with Crippen LogP contribution in [-0.2, 0) is 9.47 Å². The number of rotatable bonds is 3. The number of ether oxygens (including phenoxy) is 2. The highest BCUT2D eigenvalue weighted by Crippen LogP contribution is 2.26. The van der Waals surface area contributed by atoms with Gasteiger partial charge in [-0.25, -0.2) is 0 Å². The highest BCUT2D eigenvalue weighted by molar-refractivity contribution is 7.99. The van der Waals surface area contributed by atoms with Crippen LogP contribution in [0.3, 0.4) is 0 Å². The van der Waals surface area contributed by atoms with E-state index in [0.29, 0.717) is 12.9 Å². The molecular weight excluding hydrogens is 222 g/mol. The molecule has 2 N–H and O–H groups in total. The Balaban J connectivity index is 1.88. The minimum atomic E-state index is 0.315. The lowest BCUT2D eigenvalue weighted by Gasteiger charge is -2.22. The lowest BCUT2D eigenvalue weighted by atomic mass is 10.2. The maximum Gasteiger partial charge on any atom is 0.147 e. The molecule has 0 radical (unpaired) electrons. The maximum absolute atomic E-state index is 5.72. The molecule has 1 heterocycles. The first-order chi connectivity index (χ1) is 7.75. The van der Waals surface area contributed by atoms with Crippen LogP contribution in [0.25, 0.3) is 0 Å². The summed E-state index contributed by atoms with van der Waals surface area (Å²) in [5, 5.41) is 0. The number of anilines is 1. The molecule has 3 nitrogen and oxygen atoms in total. The van der Waals surface area contributed by atoms with Gasteiger partial charge >= 0.3 is 0 Å². The SMILES string of the molecule is Cc1cc(N)ccc1SCC1CCOCO1. The third-order valence-electron chi connectivity index (χ3n) is 2.59. The van der Waals surface area contributed by atoms with Crippen molar-refractivity contribution >= 4 is 17.4 Å². The van der Waals surface area contributed by atoms with Crippen LogP contribution in [0.15, 0.2) is 23.1 Å². The Kier molecular flexibility index (Phi) is 4.09. The van der Waals surface area contributed by atoms with Crippen LogP contribution in [0.5, 0.6) is 0 Å². The van der Waals surface area contributed by atoms with Gasteiger partial charge in [-0.2, -0.15) is 0 Å². The van der Waals surface area contributed by atoms with Crippen molar-refractivity contribution in [2.75, 3.05) is 24.9 Å². The van der Waals surface area contributed by atoms with Gasteiger partial charge in [-0.1, -0.05) is 0 Å². The first-order valence-electron chi connectivity index (χ1n) is 5.44. The van der Waals surface area contributed by atoms with Crippen molar-refractivity contribution in [1.82, 2.24) is 0 Å². The third kappa shape index (κ3) is 3.14. The molecule has 1 fully saturated rings. The zero-order valence-corrected chi connectivity index (χ0v) is 10.3. The normalized spacial score (nSPS) is 20.9. The van der Waals surface area contributed by atoms with E-state index in [2.05, 4.69) is 13.0 Å². The number of hydrogen-bond donors (Lipinski definition) is 1. The molecule has 1 saturated heterocycles. The molecule has 0 aliphatic carbocycles. The van der Waals surface area contributed by atoms with E-state index in [1.807, 2.05) is 23.9 Å². The van der Waals surface area contributed by atoms with E-state index in [4.69, 9.17) is 15.2 Å². The molecular formula is C12H17NO2S. The number of benzene rings is 1. The summed E-state index contributed by atoms with van der Waals surface area (Å²) in [6.07, 6.45) is 1.30. The van der Waals surface area contributed by atoms with Crippen LogP contribution in [-0.4, -0.2) is 25.3 Å². The predicted octanol–water partition coefficient (Wildman–Crippen LogP) is 2.43. The molecule has 88 valence electrons. The van der Waals surface area contributed by atoms with Gasteiger partial charge in [-0.15, -0.1) is 11.8 Å². The lowest BCUT2D eigenvalue weighted by molar-refractivity contribution is -0.130. The zero-order chi connectivity index (χ0) is 11.4. The lowest BCUT2D eigenvalue weighted by Crippen LogP contribution is -2.25. The second-order valence-electron chi connectivity index (χ2n) is 3.94. The van der Waals surface area contributed by atoms with E-state index in [9.17, 15) is 0 Å². The summed E-state index contributed by atoms with van der Waals surface area (Å²) in [6, 6.07) is 6.03. The monoisotopic (exact) mass is 239 g/mol. The second kappa shape index (κ2) is 5.57. The van der Waals surface area contributed by atoms with Crippen molar-refractivity contribution < 1.29 is 9.47 Å². The summed E-state index contributed by atoms with van der Waals surface area (Å²) in [5.41, 5.74) is 7.77. The maximum atomic E-state index is 5.72. The molecule has 1 aromatic rings. The summed E-state index contributed by atoms with van der Waals surface area (Å²) in [7, 11) is 0. The summed E-state index contributed by atoms with van der Waals surface area (Å²) in [5.74, 6) is 0.980. The van der Waals surface area contributed by atoms with E-state index in [1.165, 1.54) is 10.5 Å². The number of thioether (sulfide) groups is 1. The van der Waals surface area contributed by atoms with E-state index >= 15 is 0 Å². The van der Waals surface area contributed by atoms with Crippen LogP contribution in [0.1, 0.15) is 12.0 Å². The molecule has 1 atom stereocenters. The van der Waals surface area contributed by atoms with Crippen molar-refractivity contribution in [3.63, 3.8) is 0 Å². The van der Waals surface area contributed by atoms with Crippen molar-refractivity contribution in [2.45, 2.75) is 24.3 Å². The van der Waals surface area contributed by atoms with Gasteiger partial charge in [0.15, 0.2) is 0 Å². The van der Waals surface area contributed by atoms with Crippen molar-refractivity contribution in [2.24, 2.45) is 0 Å². The highest BCUT2D eigenvalue weighted by atomic mass is 32.2. The molecule has 0 spiro atoms. The summed E-state index contributed by atoms with van der Waals surface area (Å²) in [4.78, 5) is 1.28. The number of aryl methyl sites for hydroxylation is 1. The van der Waals surface area contributed by atoms with Gasteiger partial charge in [0, 0.05) is 16.3 Å². The highest BCUT2D eigenvalue weighted by Gasteiger charge is 2.14. The van der Waals surface area contributed by atoms with Crippen LogP contribution < -0.4 is 5.73 Å². The first kappa shape index (κ1) is 11.8. The van der Waals surface area contributed by atoms with Crippen LogP contribution in [0.4, 0.5) is 5.69 Å². The fourth-order valence-electron chi connectivity index (χ4n) is 1.65. The number of nitrogens with two attached hydrogens (primary N) is 1. The second-order valence-corrected chi connectivity index (χ2v) is 5.00. The Morgan fingerprint density at radius 1 is 1.50 bits per heavy atom. The van der Waals surface area contributed by atoms with Gasteiger partial charge in [0.05, 0.1) is 12.7 Å². The summed E-state index contributed by atoms with van der Waals surface area (Å²) < 4.78 is 10.6. The van der Waals surface area contributed by atoms with Crippen molar-refractivity contribution in [3.8, 4) is 0 Å². The largest absolute Gasteiger partial charge is 0.399 e. The molecule has 16 heavy (non-hydrogen) atoms. The Hall–Kier alpha value is -0.710. The fraction of sp³-hybridized carbons (Fsp3) is 0.500. The number of hydrogen-bond acceptors (Lipinski definition) is 4. The third-order valence-corrected chi connectivity index (χ3v) is 3.90. The van der Waals surface area contributed by atoms with Gasteiger partial charge in [0.2, 0.25) is 0 Å². The quantitative estimate of drug-likeness (QED) is 0.650. The van der Waals surface area contributed by atoms with E-state index in [-0.39, 0.29) is 0 Å². The van der Waals surface area contributed by atoms with Gasteiger partial charge in [-0.3, -0.25) is 0 Å². The summed E-state index contributed by atoms with van der Waals surface area (Å²) in [6.45, 7) is 3.33. The van der Waals surface area contributed by atoms with Gasteiger partial charge < -0.3 is 15.2 Å². The average Bonchev–Trinajstić information content (AvgIpc) is 2.29. The van der Waals surface area contributed by atoms with E-state index in [0.717, 1.165) is 24.5 Å². The minimum absolute atomic E-state index is 0.315. The topological polar surface area (TPSA) is 44.5 Å². The van der Waals surface area contributed by atoms with E-state index < -0.39 is 0 Å². The van der Waals surface area contributed by atoms with Crippen LogP contribution in [0.2, 0.25) is 0 Å². The predicted molar refractivity (Wildman–Crippen MR) is 66.6 cm³/mol. The van der Waals surface area contributed by atoms with Gasteiger partial charge in [-0.05, 0) is 37.1 Å². The van der Waals surface area contributed by atoms with Crippen molar-refractivity contribution in [1.29, 1.82) is 0 Å². The Morgan fingerprint density at radius 3 is 3.06 bits per heavy atom. The fourth-order valence-corrected chi connectivity index (χ4v) is 2.73. The van der Waals surface area contributed by atoms with Gasteiger partial charge in [0.25, 0.3) is 0 Å². The molecule has 2 rings (SSSR count). The Bertz CT molecular complexity index is 351. The zero-order valence-electron chi connectivity index (χ0n) is 9.44.